The fourth-order valence-electron chi connectivity index (χ4n) is 4.21. The standard InChI is InChI=1S/C18H21N5S2/c1-22-13-6-7-14(22)9-15(8-13)23-10-12(20-21-23)11-24-18-19-16-4-2-3-5-17(16)25-18/h2-5,10,13-15H,6-9,11H2,1H3/t13-,14+,15?. The molecule has 3 atom stereocenters. The third kappa shape index (κ3) is 2.98. The molecule has 2 aromatic heterocycles. The van der Waals surface area contributed by atoms with Crippen molar-refractivity contribution in [2.75, 3.05) is 7.05 Å². The minimum absolute atomic E-state index is 0.516. The van der Waals surface area contributed by atoms with Gasteiger partial charge in [-0.25, -0.2) is 9.67 Å². The third-order valence-corrected chi connectivity index (χ3v) is 7.84. The maximum Gasteiger partial charge on any atom is 0.151 e. The highest BCUT2D eigenvalue weighted by Gasteiger charge is 2.39. The first-order chi connectivity index (χ1) is 12.3. The van der Waals surface area contributed by atoms with Gasteiger partial charge in [0.2, 0.25) is 0 Å². The molecule has 5 rings (SSSR count). The third-order valence-electron chi connectivity index (χ3n) is 5.62. The molecule has 0 radical (unpaired) electrons. The summed E-state index contributed by atoms with van der Waals surface area (Å²) in [6, 6.07) is 10.3. The largest absolute Gasteiger partial charge is 0.300 e. The van der Waals surface area contributed by atoms with Gasteiger partial charge in [0.1, 0.15) is 0 Å². The smallest absolute Gasteiger partial charge is 0.151 e. The second-order valence-electron chi connectivity index (χ2n) is 7.10. The molecule has 130 valence electrons. The zero-order valence-electron chi connectivity index (χ0n) is 14.2. The number of nitrogens with zero attached hydrogens (tertiary/aromatic N) is 5. The summed E-state index contributed by atoms with van der Waals surface area (Å²) in [6.45, 7) is 0. The van der Waals surface area contributed by atoms with Crippen molar-refractivity contribution >= 4 is 33.3 Å². The van der Waals surface area contributed by atoms with Crippen LogP contribution in [0.2, 0.25) is 0 Å². The SMILES string of the molecule is CN1[C@@H]2CC[C@H]1CC(n1cc(CSc3nc4ccccc4s3)nn1)C2. The Balaban J connectivity index is 1.25. The van der Waals surface area contributed by atoms with Gasteiger partial charge in [-0.3, -0.25) is 0 Å². The number of hydrogen-bond acceptors (Lipinski definition) is 6. The minimum Gasteiger partial charge on any atom is -0.300 e. The first kappa shape index (κ1) is 15.8. The van der Waals surface area contributed by atoms with E-state index >= 15 is 0 Å². The van der Waals surface area contributed by atoms with Crippen LogP contribution in [0.4, 0.5) is 0 Å². The van der Waals surface area contributed by atoms with Crippen molar-refractivity contribution in [3.8, 4) is 0 Å². The molecule has 0 aliphatic carbocycles. The van der Waals surface area contributed by atoms with Gasteiger partial charge in [-0.2, -0.15) is 0 Å². The molecule has 1 unspecified atom stereocenters. The zero-order valence-corrected chi connectivity index (χ0v) is 15.8. The number of thioether (sulfide) groups is 1. The maximum atomic E-state index is 4.68. The molecule has 0 spiro atoms. The van der Waals surface area contributed by atoms with Crippen LogP contribution in [0, 0.1) is 0 Å². The highest BCUT2D eigenvalue weighted by atomic mass is 32.2. The number of hydrogen-bond donors (Lipinski definition) is 0. The van der Waals surface area contributed by atoms with Crippen molar-refractivity contribution in [2.45, 2.75) is 53.9 Å². The highest BCUT2D eigenvalue weighted by molar-refractivity contribution is 8.00. The Morgan fingerprint density at radius 1 is 1.16 bits per heavy atom. The van der Waals surface area contributed by atoms with Crippen molar-refractivity contribution in [2.24, 2.45) is 0 Å². The van der Waals surface area contributed by atoms with Crippen LogP contribution >= 0.6 is 23.1 Å². The zero-order chi connectivity index (χ0) is 16.8. The number of aromatic nitrogens is 4. The summed E-state index contributed by atoms with van der Waals surface area (Å²) < 4.78 is 4.47. The fraction of sp³-hybridized carbons (Fsp3) is 0.500. The van der Waals surface area contributed by atoms with Crippen molar-refractivity contribution in [1.82, 2.24) is 24.9 Å². The van der Waals surface area contributed by atoms with E-state index in [0.29, 0.717) is 6.04 Å². The van der Waals surface area contributed by atoms with Crippen molar-refractivity contribution in [3.63, 3.8) is 0 Å². The maximum absolute atomic E-state index is 4.68. The van der Waals surface area contributed by atoms with E-state index in [1.54, 1.807) is 23.1 Å². The van der Waals surface area contributed by atoms with Crippen molar-refractivity contribution < 1.29 is 0 Å². The second-order valence-corrected chi connectivity index (χ2v) is 9.35. The molecule has 0 saturated carbocycles. The predicted molar refractivity (Wildman–Crippen MR) is 102 cm³/mol. The molecule has 2 saturated heterocycles. The fourth-order valence-corrected chi connectivity index (χ4v) is 6.15. The number of fused-ring (bicyclic) bond motifs is 3. The van der Waals surface area contributed by atoms with Crippen LogP contribution in [-0.4, -0.2) is 44.0 Å². The lowest BCUT2D eigenvalue weighted by molar-refractivity contribution is 0.130. The monoisotopic (exact) mass is 371 g/mol. The molecule has 25 heavy (non-hydrogen) atoms. The molecule has 2 aliphatic rings. The van der Waals surface area contributed by atoms with Gasteiger partial charge in [0.25, 0.3) is 0 Å². The van der Waals surface area contributed by atoms with Gasteiger partial charge in [0.15, 0.2) is 4.34 Å². The van der Waals surface area contributed by atoms with Crippen LogP contribution in [-0.2, 0) is 5.75 Å². The van der Waals surface area contributed by atoms with E-state index in [-0.39, 0.29) is 0 Å². The van der Waals surface area contributed by atoms with E-state index in [0.717, 1.165) is 33.4 Å². The van der Waals surface area contributed by atoms with Gasteiger partial charge < -0.3 is 4.90 Å². The van der Waals surface area contributed by atoms with Gasteiger partial charge in [-0.1, -0.05) is 29.1 Å². The Morgan fingerprint density at radius 2 is 1.96 bits per heavy atom. The van der Waals surface area contributed by atoms with E-state index in [1.165, 1.54) is 30.4 Å². The van der Waals surface area contributed by atoms with Crippen molar-refractivity contribution in [3.05, 3.63) is 36.2 Å². The molecule has 1 aromatic carbocycles. The van der Waals surface area contributed by atoms with Crippen LogP contribution in [0.5, 0.6) is 0 Å². The molecular weight excluding hydrogens is 350 g/mol. The number of benzene rings is 1. The van der Waals surface area contributed by atoms with Crippen LogP contribution in [0.25, 0.3) is 10.2 Å². The molecule has 2 bridgehead atoms. The van der Waals surface area contributed by atoms with E-state index in [9.17, 15) is 0 Å². The number of para-hydroxylation sites is 1. The molecule has 4 heterocycles. The minimum atomic E-state index is 0.516. The lowest BCUT2D eigenvalue weighted by Crippen LogP contribution is -2.40. The molecule has 7 heteroatoms. The average molecular weight is 372 g/mol. The Kier molecular flexibility index (Phi) is 4.03. The summed E-state index contributed by atoms with van der Waals surface area (Å²) in [6.07, 6.45) is 7.25. The van der Waals surface area contributed by atoms with Crippen LogP contribution < -0.4 is 0 Å². The van der Waals surface area contributed by atoms with Gasteiger partial charge >= 0.3 is 0 Å². The van der Waals surface area contributed by atoms with E-state index in [1.807, 2.05) is 6.07 Å². The van der Waals surface area contributed by atoms with Crippen LogP contribution in [0.15, 0.2) is 34.8 Å². The summed E-state index contributed by atoms with van der Waals surface area (Å²) in [4.78, 5) is 7.25. The lowest BCUT2D eigenvalue weighted by Gasteiger charge is -2.36. The normalized spacial score (nSPS) is 26.5. The van der Waals surface area contributed by atoms with Gasteiger partial charge in [0, 0.05) is 24.0 Å². The van der Waals surface area contributed by atoms with Crippen LogP contribution in [0.3, 0.4) is 0 Å². The second kappa shape index (κ2) is 6.37. The summed E-state index contributed by atoms with van der Waals surface area (Å²) >= 11 is 3.51. The summed E-state index contributed by atoms with van der Waals surface area (Å²) in [5.41, 5.74) is 2.14. The van der Waals surface area contributed by atoms with Gasteiger partial charge in [-0.15, -0.1) is 16.4 Å². The highest BCUT2D eigenvalue weighted by Crippen LogP contribution is 2.39. The predicted octanol–water partition coefficient (Wildman–Crippen LogP) is 3.98. The average Bonchev–Trinajstić information content (AvgIpc) is 3.29. The van der Waals surface area contributed by atoms with Gasteiger partial charge in [-0.05, 0) is 44.9 Å². The first-order valence-electron chi connectivity index (χ1n) is 8.87. The Bertz CT molecular complexity index is 841. The molecule has 2 aliphatic heterocycles. The number of rotatable bonds is 4. The number of thiazole rings is 1. The van der Waals surface area contributed by atoms with E-state index < -0.39 is 0 Å². The topological polar surface area (TPSA) is 46.8 Å². The number of piperidine rings is 1. The molecule has 0 N–H and O–H groups in total. The molecule has 0 amide bonds. The van der Waals surface area contributed by atoms with Crippen molar-refractivity contribution in [1.29, 1.82) is 0 Å². The van der Waals surface area contributed by atoms with Gasteiger partial charge in [0.05, 0.1) is 22.0 Å². The quantitative estimate of drug-likeness (QED) is 0.649. The Hall–Kier alpha value is -1.44. The molecule has 3 aromatic rings. The summed E-state index contributed by atoms with van der Waals surface area (Å²) in [7, 11) is 2.28. The van der Waals surface area contributed by atoms with E-state index in [4.69, 9.17) is 0 Å². The Morgan fingerprint density at radius 3 is 2.76 bits per heavy atom. The summed E-state index contributed by atoms with van der Waals surface area (Å²) in [5.74, 6) is 0.833. The lowest BCUT2D eigenvalue weighted by atomic mass is 9.98. The Labute approximate surface area is 155 Å². The van der Waals surface area contributed by atoms with Crippen LogP contribution in [0.1, 0.15) is 37.4 Å². The molecule has 2 fully saturated rings. The molecular formula is C18H21N5S2. The summed E-state index contributed by atoms with van der Waals surface area (Å²) in [5, 5.41) is 8.84. The first-order valence-corrected chi connectivity index (χ1v) is 10.7. The van der Waals surface area contributed by atoms with E-state index in [2.05, 4.69) is 56.3 Å². The molecule has 5 nitrogen and oxygen atoms in total.